The van der Waals surface area contributed by atoms with Crippen LogP contribution in [0.25, 0.3) is 0 Å². The number of hydrogen-bond donors (Lipinski definition) is 2. The Morgan fingerprint density at radius 3 is 2.76 bits per heavy atom. The predicted octanol–water partition coefficient (Wildman–Crippen LogP) is 4.17. The van der Waals surface area contributed by atoms with Crippen molar-refractivity contribution < 1.29 is 0 Å². The molecule has 0 amide bonds. The Morgan fingerprint density at radius 2 is 2.12 bits per heavy atom. The molecular weight excluding hydrogens is 356 g/mol. The fourth-order valence-corrected chi connectivity index (χ4v) is 4.06. The van der Waals surface area contributed by atoms with Gasteiger partial charge in [0.2, 0.25) is 0 Å². The zero-order valence-corrected chi connectivity index (χ0v) is 16.1. The summed E-state index contributed by atoms with van der Waals surface area (Å²) in [6.07, 6.45) is 5.02. The van der Waals surface area contributed by atoms with E-state index in [4.69, 9.17) is 17.3 Å². The van der Waals surface area contributed by atoms with Crippen LogP contribution in [-0.4, -0.2) is 23.1 Å². The van der Waals surface area contributed by atoms with Crippen molar-refractivity contribution in [2.75, 3.05) is 23.7 Å². The summed E-state index contributed by atoms with van der Waals surface area (Å²) in [5, 5.41) is 1.25. The lowest BCUT2D eigenvalue weighted by Crippen LogP contribution is -2.41. The molecule has 0 saturated carbocycles. The molecule has 0 spiro atoms. The van der Waals surface area contributed by atoms with E-state index in [2.05, 4.69) is 28.7 Å². The summed E-state index contributed by atoms with van der Waals surface area (Å²) < 4.78 is 0. The van der Waals surface area contributed by atoms with Gasteiger partial charge in [0.05, 0.1) is 16.2 Å². The van der Waals surface area contributed by atoms with Gasteiger partial charge in [-0.25, -0.2) is 4.98 Å². The average Bonchev–Trinajstić information content (AvgIpc) is 2.59. The first-order valence-corrected chi connectivity index (χ1v) is 9.67. The van der Waals surface area contributed by atoms with E-state index >= 15 is 0 Å². The molecule has 3 rings (SSSR count). The zero-order valence-electron chi connectivity index (χ0n) is 14.5. The van der Waals surface area contributed by atoms with Gasteiger partial charge in [0.1, 0.15) is 0 Å². The van der Waals surface area contributed by atoms with Crippen LogP contribution in [0, 0.1) is 5.41 Å². The fourth-order valence-electron chi connectivity index (χ4n) is 2.98. The van der Waals surface area contributed by atoms with Gasteiger partial charge in [-0.05, 0) is 36.5 Å². The minimum Gasteiger partial charge on any atom is -0.399 e. The van der Waals surface area contributed by atoms with Crippen LogP contribution < -0.4 is 16.2 Å². The number of nitrogens with zero attached hydrogens (tertiary/aromatic N) is 2. The summed E-state index contributed by atoms with van der Waals surface area (Å²) in [5.74, 6) is 0.501. The molecule has 5 nitrogen and oxygen atoms in total. The lowest BCUT2D eigenvalue weighted by atomic mass is 9.78. The smallest absolute Gasteiger partial charge is 0.291 e. The van der Waals surface area contributed by atoms with Crippen LogP contribution in [-0.2, 0) is 0 Å². The first-order chi connectivity index (χ1) is 11.9. The van der Waals surface area contributed by atoms with Crippen molar-refractivity contribution in [3.63, 3.8) is 0 Å². The van der Waals surface area contributed by atoms with Crippen LogP contribution in [0.2, 0.25) is 5.02 Å². The molecule has 0 bridgehead atoms. The van der Waals surface area contributed by atoms with Crippen molar-refractivity contribution in [3.8, 4) is 0 Å². The van der Waals surface area contributed by atoms with E-state index in [0.717, 1.165) is 30.8 Å². The highest BCUT2D eigenvalue weighted by atomic mass is 35.5. The second kappa shape index (κ2) is 7.30. The molecule has 0 radical (unpaired) electrons. The number of aromatic amines is 1. The first-order valence-electron chi connectivity index (χ1n) is 8.47. The van der Waals surface area contributed by atoms with Gasteiger partial charge in [0.15, 0.2) is 5.82 Å². The van der Waals surface area contributed by atoms with E-state index in [9.17, 15) is 4.79 Å². The summed E-state index contributed by atoms with van der Waals surface area (Å²) in [6.45, 7) is 6.28. The second-order valence-electron chi connectivity index (χ2n) is 6.84. The second-order valence-corrected chi connectivity index (χ2v) is 8.33. The van der Waals surface area contributed by atoms with Crippen molar-refractivity contribution >= 4 is 34.9 Å². The highest BCUT2D eigenvalue weighted by molar-refractivity contribution is 7.99. The standard InChI is InChI=1S/C18H23ClN4OS/c1-3-18(2)6-8-23(9-7-18)16-17(24)22-15(11-21-16)25-14-10-12(20)4-5-13(14)19/h4-5,10-11H,3,6-9,20H2,1-2H3,(H,22,24). The molecule has 1 saturated heterocycles. The number of nitrogens with two attached hydrogens (primary N) is 1. The van der Waals surface area contributed by atoms with Crippen molar-refractivity contribution in [1.82, 2.24) is 9.97 Å². The van der Waals surface area contributed by atoms with Gasteiger partial charge in [-0.3, -0.25) is 4.79 Å². The lowest BCUT2D eigenvalue weighted by molar-refractivity contribution is 0.237. The van der Waals surface area contributed by atoms with Gasteiger partial charge in [-0.2, -0.15) is 0 Å². The maximum Gasteiger partial charge on any atom is 0.291 e. The molecule has 1 aromatic heterocycles. The third-order valence-corrected chi connectivity index (χ3v) is 6.47. The minimum atomic E-state index is -0.162. The molecule has 134 valence electrons. The summed E-state index contributed by atoms with van der Waals surface area (Å²) in [5.41, 5.74) is 6.65. The van der Waals surface area contributed by atoms with Crippen LogP contribution in [0.4, 0.5) is 11.5 Å². The van der Waals surface area contributed by atoms with Crippen molar-refractivity contribution in [2.24, 2.45) is 5.41 Å². The van der Waals surface area contributed by atoms with Gasteiger partial charge < -0.3 is 15.6 Å². The number of benzene rings is 1. The van der Waals surface area contributed by atoms with Gasteiger partial charge in [0, 0.05) is 23.7 Å². The molecule has 0 unspecified atom stereocenters. The van der Waals surface area contributed by atoms with E-state index < -0.39 is 0 Å². The number of aromatic nitrogens is 2. The number of nitrogen functional groups attached to an aromatic ring is 1. The van der Waals surface area contributed by atoms with E-state index in [1.807, 2.05) is 0 Å². The number of hydrogen-bond acceptors (Lipinski definition) is 5. The molecule has 1 aliphatic rings. The quantitative estimate of drug-likeness (QED) is 0.781. The first kappa shape index (κ1) is 18.1. The predicted molar refractivity (Wildman–Crippen MR) is 105 cm³/mol. The molecule has 2 aromatic rings. The number of nitrogens with one attached hydrogen (secondary N) is 1. The van der Waals surface area contributed by atoms with E-state index in [1.54, 1.807) is 24.4 Å². The number of rotatable bonds is 4. The Labute approximate surface area is 157 Å². The van der Waals surface area contributed by atoms with Gasteiger partial charge >= 0.3 is 0 Å². The molecular formula is C18H23ClN4OS. The summed E-state index contributed by atoms with van der Waals surface area (Å²) in [4.78, 5) is 22.7. The fraction of sp³-hybridized carbons (Fsp3) is 0.444. The molecule has 25 heavy (non-hydrogen) atoms. The zero-order chi connectivity index (χ0) is 18.0. The number of piperidine rings is 1. The van der Waals surface area contributed by atoms with Gasteiger partial charge in [-0.1, -0.05) is 43.6 Å². The van der Waals surface area contributed by atoms with Crippen LogP contribution in [0.3, 0.4) is 0 Å². The maximum atomic E-state index is 12.5. The Hall–Kier alpha value is -1.66. The summed E-state index contributed by atoms with van der Waals surface area (Å²) in [7, 11) is 0. The van der Waals surface area contributed by atoms with Gasteiger partial charge in [0.25, 0.3) is 5.56 Å². The van der Waals surface area contributed by atoms with Crippen LogP contribution in [0.1, 0.15) is 33.1 Å². The molecule has 1 aliphatic heterocycles. The molecule has 0 aliphatic carbocycles. The minimum absolute atomic E-state index is 0.162. The average molecular weight is 379 g/mol. The molecule has 7 heteroatoms. The normalized spacial score (nSPS) is 16.8. The molecule has 2 heterocycles. The monoisotopic (exact) mass is 378 g/mol. The number of halogens is 1. The molecule has 3 N–H and O–H groups in total. The van der Waals surface area contributed by atoms with Crippen molar-refractivity contribution in [2.45, 2.75) is 43.0 Å². The third kappa shape index (κ3) is 4.12. The highest BCUT2D eigenvalue weighted by Gasteiger charge is 2.29. The van der Waals surface area contributed by atoms with Crippen LogP contribution in [0.5, 0.6) is 0 Å². The maximum absolute atomic E-state index is 12.5. The molecule has 1 aromatic carbocycles. The summed E-state index contributed by atoms with van der Waals surface area (Å²) >= 11 is 7.54. The Morgan fingerprint density at radius 1 is 1.40 bits per heavy atom. The summed E-state index contributed by atoms with van der Waals surface area (Å²) in [6, 6.07) is 5.28. The SMILES string of the molecule is CCC1(C)CCN(c2ncc(Sc3cc(N)ccc3Cl)[nH]c2=O)CC1. The van der Waals surface area contributed by atoms with E-state index in [-0.39, 0.29) is 5.56 Å². The topological polar surface area (TPSA) is 75.0 Å². The van der Waals surface area contributed by atoms with E-state index in [1.165, 1.54) is 18.2 Å². The molecule has 1 fully saturated rings. The Balaban J connectivity index is 1.75. The van der Waals surface area contributed by atoms with Crippen molar-refractivity contribution in [1.29, 1.82) is 0 Å². The highest BCUT2D eigenvalue weighted by Crippen LogP contribution is 2.35. The number of H-pyrrole nitrogens is 1. The third-order valence-electron chi connectivity index (χ3n) is 5.04. The van der Waals surface area contributed by atoms with Crippen LogP contribution in [0.15, 0.2) is 39.1 Å². The number of anilines is 2. The van der Waals surface area contributed by atoms with Crippen LogP contribution >= 0.6 is 23.4 Å². The Kier molecular flexibility index (Phi) is 5.29. The van der Waals surface area contributed by atoms with Gasteiger partial charge in [-0.15, -0.1) is 0 Å². The molecule has 0 atom stereocenters. The lowest BCUT2D eigenvalue weighted by Gasteiger charge is -2.39. The van der Waals surface area contributed by atoms with E-state index in [0.29, 0.717) is 27.0 Å². The largest absolute Gasteiger partial charge is 0.399 e. The van der Waals surface area contributed by atoms with Crippen molar-refractivity contribution in [3.05, 3.63) is 39.8 Å². The Bertz CT molecular complexity index is 815.